The first-order valence-corrected chi connectivity index (χ1v) is 8.87. The van der Waals surface area contributed by atoms with Gasteiger partial charge in [0.15, 0.2) is 0 Å². The minimum atomic E-state index is -4.76. The topological polar surface area (TPSA) is 96.5 Å². The van der Waals surface area contributed by atoms with Crippen LogP contribution in [0.4, 0.5) is 22.0 Å². The third kappa shape index (κ3) is 4.60. The van der Waals surface area contributed by atoms with Gasteiger partial charge in [-0.2, -0.15) is 32.3 Å². The first-order valence-electron chi connectivity index (χ1n) is 8.87. The maximum atomic E-state index is 13.4. The molecule has 7 nitrogen and oxygen atoms in total. The second-order valence-corrected chi connectivity index (χ2v) is 6.91. The SMILES string of the molecule is C[C@H](NC(=O)C(C)(F)F)[C@@H](c1cnc(C(F)(F)F)nc1)n1ncc2cc(C#N)ccc21. The minimum Gasteiger partial charge on any atom is -0.346 e. The molecule has 0 aliphatic heterocycles. The summed E-state index contributed by atoms with van der Waals surface area (Å²) in [5.41, 5.74) is 0.927. The first-order chi connectivity index (χ1) is 14.4. The quantitative estimate of drug-likeness (QED) is 0.616. The van der Waals surface area contributed by atoms with Crippen LogP contribution in [-0.4, -0.2) is 37.6 Å². The molecule has 0 bridgehead atoms. The van der Waals surface area contributed by atoms with Gasteiger partial charge in [-0.25, -0.2) is 9.97 Å². The van der Waals surface area contributed by atoms with Crippen molar-refractivity contribution in [3.05, 3.63) is 53.7 Å². The van der Waals surface area contributed by atoms with Crippen LogP contribution in [0.2, 0.25) is 0 Å². The van der Waals surface area contributed by atoms with Gasteiger partial charge in [-0.3, -0.25) is 9.48 Å². The van der Waals surface area contributed by atoms with Crippen LogP contribution < -0.4 is 5.32 Å². The van der Waals surface area contributed by atoms with Crippen molar-refractivity contribution in [1.29, 1.82) is 5.26 Å². The van der Waals surface area contributed by atoms with Gasteiger partial charge in [-0.1, -0.05) is 0 Å². The average molecular weight is 438 g/mol. The van der Waals surface area contributed by atoms with Crippen LogP contribution in [0.15, 0.2) is 36.8 Å². The number of amides is 1. The van der Waals surface area contributed by atoms with Gasteiger partial charge < -0.3 is 5.32 Å². The molecule has 1 aromatic carbocycles. The summed E-state index contributed by atoms with van der Waals surface area (Å²) in [6, 6.07) is 4.53. The van der Waals surface area contributed by atoms with Crippen LogP contribution in [0.25, 0.3) is 10.9 Å². The standard InChI is InChI=1S/C19H15F5N6O/c1-10(29-17(31)18(2,20)21)15(13-7-26-16(27-8-13)19(22,23)24)30-14-4-3-11(6-25)5-12(14)9-28-30/h3-5,7-10,15H,1-2H3,(H,29,31)/t10-,15-/m0/s1. The van der Waals surface area contributed by atoms with Crippen molar-refractivity contribution in [3.8, 4) is 6.07 Å². The molecule has 1 amide bonds. The maximum Gasteiger partial charge on any atom is 0.451 e. The molecular formula is C19H15F5N6O. The molecule has 3 aromatic rings. The van der Waals surface area contributed by atoms with Crippen molar-refractivity contribution < 1.29 is 26.7 Å². The van der Waals surface area contributed by atoms with E-state index in [4.69, 9.17) is 5.26 Å². The lowest BCUT2D eigenvalue weighted by atomic mass is 10.0. The number of benzene rings is 1. The number of alkyl halides is 5. The maximum absolute atomic E-state index is 13.4. The predicted molar refractivity (Wildman–Crippen MR) is 97.8 cm³/mol. The van der Waals surface area contributed by atoms with Crippen molar-refractivity contribution in [2.45, 2.75) is 38.0 Å². The lowest BCUT2D eigenvalue weighted by Gasteiger charge is -2.27. The van der Waals surface area contributed by atoms with Gasteiger partial charge in [0.1, 0.15) is 6.04 Å². The van der Waals surface area contributed by atoms with Crippen LogP contribution in [-0.2, 0) is 11.0 Å². The molecule has 1 N–H and O–H groups in total. The molecule has 0 unspecified atom stereocenters. The number of hydrogen-bond acceptors (Lipinski definition) is 5. The van der Waals surface area contributed by atoms with Crippen molar-refractivity contribution in [3.63, 3.8) is 0 Å². The molecular weight excluding hydrogens is 423 g/mol. The van der Waals surface area contributed by atoms with E-state index in [2.05, 4.69) is 20.4 Å². The van der Waals surface area contributed by atoms with Crippen LogP contribution in [0.3, 0.4) is 0 Å². The van der Waals surface area contributed by atoms with E-state index in [0.717, 1.165) is 12.4 Å². The highest BCUT2D eigenvalue weighted by molar-refractivity contribution is 5.83. The fraction of sp³-hybridized carbons (Fsp3) is 0.316. The van der Waals surface area contributed by atoms with Gasteiger partial charge in [0.25, 0.3) is 5.91 Å². The molecule has 31 heavy (non-hydrogen) atoms. The molecule has 12 heteroatoms. The summed E-state index contributed by atoms with van der Waals surface area (Å²) in [4.78, 5) is 18.4. The lowest BCUT2D eigenvalue weighted by molar-refractivity contribution is -0.145. The molecule has 0 spiro atoms. The van der Waals surface area contributed by atoms with Crippen LogP contribution in [0.5, 0.6) is 0 Å². The Bertz CT molecular complexity index is 1140. The third-order valence-electron chi connectivity index (χ3n) is 4.49. The Labute approximate surface area is 172 Å². The van der Waals surface area contributed by atoms with Crippen LogP contribution in [0, 0.1) is 11.3 Å². The Kier molecular flexibility index (Phi) is 5.62. The number of rotatable bonds is 5. The van der Waals surface area contributed by atoms with E-state index in [1.165, 1.54) is 23.9 Å². The average Bonchev–Trinajstić information content (AvgIpc) is 3.10. The molecule has 162 valence electrons. The van der Waals surface area contributed by atoms with E-state index in [1.807, 2.05) is 6.07 Å². The molecule has 2 aromatic heterocycles. The summed E-state index contributed by atoms with van der Waals surface area (Å²) in [6.07, 6.45) is -1.53. The molecule has 0 saturated carbocycles. The first kappa shape index (κ1) is 22.1. The van der Waals surface area contributed by atoms with Crippen molar-refractivity contribution >= 4 is 16.8 Å². The second kappa shape index (κ2) is 7.90. The summed E-state index contributed by atoms with van der Waals surface area (Å²) in [5, 5.41) is 15.9. The molecule has 0 aliphatic carbocycles. The largest absolute Gasteiger partial charge is 0.451 e. The number of carbonyl (C=O) groups excluding carboxylic acids is 1. The number of nitrogens with one attached hydrogen (secondary N) is 1. The van der Waals surface area contributed by atoms with Gasteiger partial charge in [0.2, 0.25) is 5.82 Å². The van der Waals surface area contributed by atoms with Crippen molar-refractivity contribution in [2.24, 2.45) is 0 Å². The number of aromatic nitrogens is 4. The van der Waals surface area contributed by atoms with E-state index in [9.17, 15) is 26.7 Å². The second-order valence-electron chi connectivity index (χ2n) is 6.91. The van der Waals surface area contributed by atoms with Gasteiger partial charge in [0, 0.05) is 30.3 Å². The zero-order chi connectivity index (χ0) is 23.0. The number of hydrogen-bond donors (Lipinski definition) is 1. The molecule has 0 saturated heterocycles. The Morgan fingerprint density at radius 3 is 2.35 bits per heavy atom. The summed E-state index contributed by atoms with van der Waals surface area (Å²) >= 11 is 0. The highest BCUT2D eigenvalue weighted by Crippen LogP contribution is 2.29. The normalized spacial score (nSPS) is 14.1. The molecule has 0 fully saturated rings. The highest BCUT2D eigenvalue weighted by Gasteiger charge is 2.37. The van der Waals surface area contributed by atoms with E-state index in [1.54, 1.807) is 12.1 Å². The summed E-state index contributed by atoms with van der Waals surface area (Å²) < 4.78 is 66.6. The summed E-state index contributed by atoms with van der Waals surface area (Å²) in [7, 11) is 0. The van der Waals surface area contributed by atoms with Gasteiger partial charge in [0.05, 0.1) is 29.4 Å². The van der Waals surface area contributed by atoms with Crippen LogP contribution in [0.1, 0.15) is 36.8 Å². The van der Waals surface area contributed by atoms with Gasteiger partial charge >= 0.3 is 12.1 Å². The van der Waals surface area contributed by atoms with E-state index in [-0.39, 0.29) is 5.56 Å². The van der Waals surface area contributed by atoms with Gasteiger partial charge in [-0.05, 0) is 25.1 Å². The summed E-state index contributed by atoms with van der Waals surface area (Å²) in [5.74, 6) is -6.58. The van der Waals surface area contributed by atoms with Gasteiger partial charge in [-0.15, -0.1) is 0 Å². The zero-order valence-corrected chi connectivity index (χ0v) is 16.2. The van der Waals surface area contributed by atoms with E-state index >= 15 is 0 Å². The molecule has 0 aliphatic rings. The number of halogens is 5. The monoisotopic (exact) mass is 438 g/mol. The van der Waals surface area contributed by atoms with E-state index < -0.39 is 35.9 Å². The molecule has 3 rings (SSSR count). The number of nitrogens with zero attached hydrogens (tertiary/aromatic N) is 5. The fourth-order valence-corrected chi connectivity index (χ4v) is 3.04. The Morgan fingerprint density at radius 1 is 1.16 bits per heavy atom. The number of nitriles is 1. The minimum absolute atomic E-state index is 0.106. The lowest BCUT2D eigenvalue weighted by Crippen LogP contribution is -2.46. The van der Waals surface area contributed by atoms with Crippen LogP contribution >= 0.6 is 0 Å². The molecule has 2 atom stereocenters. The fourth-order valence-electron chi connectivity index (χ4n) is 3.04. The molecule has 2 heterocycles. The molecule has 0 radical (unpaired) electrons. The van der Waals surface area contributed by atoms with Crippen molar-refractivity contribution in [1.82, 2.24) is 25.1 Å². The number of fused-ring (bicyclic) bond motifs is 1. The zero-order valence-electron chi connectivity index (χ0n) is 16.2. The smallest absolute Gasteiger partial charge is 0.346 e. The third-order valence-corrected chi connectivity index (χ3v) is 4.49. The predicted octanol–water partition coefficient (Wildman–Crippen LogP) is 3.47. The number of carbonyl (C=O) groups is 1. The highest BCUT2D eigenvalue weighted by atomic mass is 19.4. The van der Waals surface area contributed by atoms with Crippen molar-refractivity contribution in [2.75, 3.05) is 0 Å². The Hall–Kier alpha value is -3.62. The summed E-state index contributed by atoms with van der Waals surface area (Å²) in [6.45, 7) is 1.83. The Balaban J connectivity index is 2.09. The Morgan fingerprint density at radius 2 is 1.81 bits per heavy atom. The van der Waals surface area contributed by atoms with E-state index in [0.29, 0.717) is 23.4 Å².